The predicted octanol–water partition coefficient (Wildman–Crippen LogP) is 1.71. The summed E-state index contributed by atoms with van der Waals surface area (Å²) >= 11 is 0. The van der Waals surface area contributed by atoms with Gasteiger partial charge in [-0.1, -0.05) is 6.58 Å². The number of hydrogen-bond donors (Lipinski definition) is 1. The summed E-state index contributed by atoms with van der Waals surface area (Å²) in [4.78, 5) is 4.02. The van der Waals surface area contributed by atoms with Crippen LogP contribution in [0.2, 0.25) is 0 Å². The molecule has 56 valence electrons. The molecule has 0 atom stereocenters. The van der Waals surface area contributed by atoms with Crippen molar-refractivity contribution in [2.24, 2.45) is 4.99 Å². The van der Waals surface area contributed by atoms with Crippen LogP contribution in [-0.4, -0.2) is 13.3 Å². The van der Waals surface area contributed by atoms with Gasteiger partial charge in [-0.15, -0.1) is 0 Å². The summed E-state index contributed by atoms with van der Waals surface area (Å²) in [6.45, 7) is 7.48. The highest BCUT2D eigenvalue weighted by atomic mass is 14.8. The topological polar surface area (TPSA) is 24.4 Å². The maximum absolute atomic E-state index is 4.02. The molecule has 10 heavy (non-hydrogen) atoms. The Morgan fingerprint density at radius 2 is 2.10 bits per heavy atom. The van der Waals surface area contributed by atoms with E-state index in [1.165, 1.54) is 0 Å². The van der Waals surface area contributed by atoms with Gasteiger partial charge in [0, 0.05) is 25.2 Å². The summed E-state index contributed by atoms with van der Waals surface area (Å²) in [5.41, 5.74) is 1.91. The third kappa shape index (κ3) is 5.09. The molecular weight excluding hydrogens is 124 g/mol. The molecule has 0 aliphatic carbocycles. The van der Waals surface area contributed by atoms with Crippen LogP contribution in [0.4, 0.5) is 0 Å². The average molecular weight is 138 g/mol. The molecule has 0 aliphatic rings. The zero-order chi connectivity index (χ0) is 7.98. The van der Waals surface area contributed by atoms with E-state index in [1.54, 1.807) is 6.21 Å². The number of hydrogen-bond acceptors (Lipinski definition) is 2. The Hall–Kier alpha value is -1.05. The lowest BCUT2D eigenvalue weighted by atomic mass is 10.3. The van der Waals surface area contributed by atoms with Gasteiger partial charge in [-0.25, -0.2) is 0 Å². The van der Waals surface area contributed by atoms with Gasteiger partial charge in [0.25, 0.3) is 0 Å². The Labute approximate surface area is 62.4 Å². The first-order valence-electron chi connectivity index (χ1n) is 3.20. The first kappa shape index (κ1) is 8.95. The number of aliphatic imine (C=N–C) groups is 1. The Morgan fingerprint density at radius 1 is 1.50 bits per heavy atom. The molecule has 0 amide bonds. The monoisotopic (exact) mass is 138 g/mol. The second-order valence-corrected chi connectivity index (χ2v) is 2.17. The van der Waals surface area contributed by atoms with E-state index >= 15 is 0 Å². The van der Waals surface area contributed by atoms with Gasteiger partial charge < -0.3 is 5.32 Å². The van der Waals surface area contributed by atoms with Crippen LogP contribution in [0.1, 0.15) is 13.8 Å². The van der Waals surface area contributed by atoms with Gasteiger partial charge in [-0.2, -0.15) is 0 Å². The highest BCUT2D eigenvalue weighted by molar-refractivity contribution is 5.78. The van der Waals surface area contributed by atoms with Gasteiger partial charge in [0.15, 0.2) is 0 Å². The fourth-order valence-corrected chi connectivity index (χ4v) is 0.477. The molecule has 0 bridgehead atoms. The Morgan fingerprint density at radius 3 is 2.50 bits per heavy atom. The molecule has 0 aromatic rings. The van der Waals surface area contributed by atoms with Crippen molar-refractivity contribution in [3.05, 3.63) is 24.0 Å². The third-order valence-corrected chi connectivity index (χ3v) is 0.861. The molecule has 0 heterocycles. The molecule has 0 saturated heterocycles. The minimum atomic E-state index is 0.823. The highest BCUT2D eigenvalue weighted by Gasteiger charge is 1.78. The summed E-state index contributed by atoms with van der Waals surface area (Å²) in [5.74, 6) is 0. The van der Waals surface area contributed by atoms with Crippen LogP contribution < -0.4 is 5.32 Å². The number of nitrogens with zero attached hydrogens (tertiary/aromatic N) is 1. The molecule has 0 aromatic heterocycles. The van der Waals surface area contributed by atoms with E-state index in [9.17, 15) is 0 Å². The van der Waals surface area contributed by atoms with Crippen molar-refractivity contribution >= 4 is 6.21 Å². The largest absolute Gasteiger partial charge is 0.394 e. The maximum Gasteiger partial charge on any atom is 0.0314 e. The maximum atomic E-state index is 4.02. The lowest BCUT2D eigenvalue weighted by Crippen LogP contribution is -1.94. The SMILES string of the molecule is C=C(C)/N=C\C(C)=C/NC. The summed E-state index contributed by atoms with van der Waals surface area (Å²) in [5, 5.41) is 2.91. The molecule has 0 unspecified atom stereocenters. The molecule has 0 rings (SSSR count). The van der Waals surface area contributed by atoms with Gasteiger partial charge in [0.05, 0.1) is 0 Å². The van der Waals surface area contributed by atoms with Gasteiger partial charge in [-0.3, -0.25) is 4.99 Å². The van der Waals surface area contributed by atoms with Crippen molar-refractivity contribution in [2.75, 3.05) is 7.05 Å². The summed E-state index contributed by atoms with van der Waals surface area (Å²) < 4.78 is 0. The van der Waals surface area contributed by atoms with Gasteiger partial charge in [0.1, 0.15) is 0 Å². The van der Waals surface area contributed by atoms with Crippen LogP contribution in [0, 0.1) is 0 Å². The van der Waals surface area contributed by atoms with Crippen LogP contribution in [0.5, 0.6) is 0 Å². The lowest BCUT2D eigenvalue weighted by Gasteiger charge is -1.90. The van der Waals surface area contributed by atoms with E-state index in [1.807, 2.05) is 27.1 Å². The van der Waals surface area contributed by atoms with Crippen molar-refractivity contribution in [2.45, 2.75) is 13.8 Å². The molecule has 2 nitrogen and oxygen atoms in total. The standard InChI is InChI=1S/C8H14N2/c1-7(2)10-6-8(3)5-9-4/h5-6,9H,1H2,2-4H3/b8-5-,10-6-. The van der Waals surface area contributed by atoms with Crippen molar-refractivity contribution in [3.63, 3.8) is 0 Å². The fourth-order valence-electron chi connectivity index (χ4n) is 0.477. The van der Waals surface area contributed by atoms with Gasteiger partial charge in [-0.05, 0) is 19.4 Å². The molecule has 0 aliphatic heterocycles. The zero-order valence-corrected chi connectivity index (χ0v) is 6.81. The molecule has 0 spiro atoms. The second kappa shape index (κ2) is 4.79. The second-order valence-electron chi connectivity index (χ2n) is 2.17. The van der Waals surface area contributed by atoms with Crippen molar-refractivity contribution in [1.82, 2.24) is 5.32 Å². The number of allylic oxidation sites excluding steroid dienone is 2. The zero-order valence-electron chi connectivity index (χ0n) is 6.81. The Balaban J connectivity index is 3.89. The van der Waals surface area contributed by atoms with Crippen molar-refractivity contribution in [1.29, 1.82) is 0 Å². The van der Waals surface area contributed by atoms with E-state index in [2.05, 4.69) is 16.9 Å². The minimum Gasteiger partial charge on any atom is -0.394 e. The first-order valence-corrected chi connectivity index (χ1v) is 3.20. The van der Waals surface area contributed by atoms with Crippen LogP contribution in [0.25, 0.3) is 0 Å². The summed E-state index contributed by atoms with van der Waals surface area (Å²) in [6.07, 6.45) is 3.66. The normalized spacial score (nSPS) is 12.1. The minimum absolute atomic E-state index is 0.823. The quantitative estimate of drug-likeness (QED) is 0.590. The molecule has 0 radical (unpaired) electrons. The fraction of sp³-hybridized carbons (Fsp3) is 0.375. The summed E-state index contributed by atoms with van der Waals surface area (Å²) in [7, 11) is 1.86. The van der Waals surface area contributed by atoms with E-state index in [4.69, 9.17) is 0 Å². The van der Waals surface area contributed by atoms with E-state index in [-0.39, 0.29) is 0 Å². The van der Waals surface area contributed by atoms with Gasteiger partial charge >= 0.3 is 0 Å². The van der Waals surface area contributed by atoms with E-state index < -0.39 is 0 Å². The van der Waals surface area contributed by atoms with Crippen molar-refractivity contribution < 1.29 is 0 Å². The molecule has 2 heteroatoms. The highest BCUT2D eigenvalue weighted by Crippen LogP contribution is 1.90. The van der Waals surface area contributed by atoms with Crippen LogP contribution in [0.15, 0.2) is 29.0 Å². The average Bonchev–Trinajstić information content (AvgIpc) is 1.85. The summed E-state index contributed by atoms with van der Waals surface area (Å²) in [6, 6.07) is 0. The molecule has 1 N–H and O–H groups in total. The van der Waals surface area contributed by atoms with Gasteiger partial charge in [0.2, 0.25) is 0 Å². The number of rotatable bonds is 3. The lowest BCUT2D eigenvalue weighted by molar-refractivity contribution is 1.09. The Bertz CT molecular complexity index is 166. The van der Waals surface area contributed by atoms with E-state index in [0.29, 0.717) is 0 Å². The van der Waals surface area contributed by atoms with Crippen LogP contribution >= 0.6 is 0 Å². The third-order valence-electron chi connectivity index (χ3n) is 0.861. The molecule has 0 saturated carbocycles. The van der Waals surface area contributed by atoms with Crippen LogP contribution in [-0.2, 0) is 0 Å². The Kier molecular flexibility index (Phi) is 4.29. The first-order chi connectivity index (χ1) is 4.66. The predicted molar refractivity (Wildman–Crippen MR) is 46.1 cm³/mol. The van der Waals surface area contributed by atoms with Crippen molar-refractivity contribution in [3.8, 4) is 0 Å². The number of nitrogens with one attached hydrogen (secondary N) is 1. The van der Waals surface area contributed by atoms with E-state index in [0.717, 1.165) is 11.3 Å². The van der Waals surface area contributed by atoms with Crippen LogP contribution in [0.3, 0.4) is 0 Å². The molecular formula is C8H14N2. The smallest absolute Gasteiger partial charge is 0.0314 e. The molecule has 0 aromatic carbocycles. The molecule has 0 fully saturated rings.